The summed E-state index contributed by atoms with van der Waals surface area (Å²) < 4.78 is 0. The van der Waals surface area contributed by atoms with Crippen LogP contribution in [0.4, 0.5) is 11.4 Å². The molecule has 5 nitrogen and oxygen atoms in total. The van der Waals surface area contributed by atoms with Crippen LogP contribution in [-0.4, -0.2) is 23.1 Å². The molecule has 52 heavy (non-hydrogen) atoms. The topological polar surface area (TPSA) is 66.9 Å². The van der Waals surface area contributed by atoms with Gasteiger partial charge >= 0.3 is 21.1 Å². The molecule has 2 bridgehead atoms. The van der Waals surface area contributed by atoms with E-state index in [-0.39, 0.29) is 31.9 Å². The number of aromatic nitrogens is 4. The first-order valence-corrected chi connectivity index (χ1v) is 19.9. The molecule has 0 saturated heterocycles. The van der Waals surface area contributed by atoms with Gasteiger partial charge in [-0.25, -0.2) is 0 Å². The van der Waals surface area contributed by atoms with Crippen LogP contribution in [0.3, 0.4) is 0 Å². The molecule has 2 unspecified atom stereocenters. The fourth-order valence-corrected chi connectivity index (χ4v) is 14.0. The second kappa shape index (κ2) is 13.3. The molecule has 4 aromatic carbocycles. The molecule has 1 aliphatic heterocycles. The number of nitrogens with zero attached hydrogens (tertiary/aromatic N) is 5. The number of fused-ring (bicyclic) bond motifs is 8. The SMILES string of the molecule is CC12CCC(c3c1n[n-]c3-c1cccc([Si]3(c4ccccn4)c4ccccc4-c4ccccc43)n1)C2(C)C.[Pt+2].c1ccc([N-]c2ccccc2)cc1. The number of rotatable bonds is 5. The molecule has 0 N–H and O–H groups in total. The largest absolute Gasteiger partial charge is 2.00 e. The van der Waals surface area contributed by atoms with Crippen LogP contribution in [0, 0.1) is 5.41 Å². The summed E-state index contributed by atoms with van der Waals surface area (Å²) in [6, 6.07) is 50.4. The van der Waals surface area contributed by atoms with E-state index in [1.165, 1.54) is 45.6 Å². The maximum Gasteiger partial charge on any atom is 2.00 e. The summed E-state index contributed by atoms with van der Waals surface area (Å²) in [6.07, 6.45) is 4.31. The van der Waals surface area contributed by atoms with E-state index in [1.54, 1.807) is 0 Å². The zero-order valence-electron chi connectivity index (χ0n) is 29.5. The van der Waals surface area contributed by atoms with E-state index in [0.29, 0.717) is 5.92 Å². The van der Waals surface area contributed by atoms with Crippen LogP contribution in [0.25, 0.3) is 27.8 Å². The van der Waals surface area contributed by atoms with Crippen LogP contribution in [0.5, 0.6) is 0 Å². The van der Waals surface area contributed by atoms with Gasteiger partial charge in [0.1, 0.15) is 0 Å². The first-order chi connectivity index (χ1) is 24.9. The van der Waals surface area contributed by atoms with Crippen LogP contribution < -0.4 is 26.1 Å². The number of benzene rings is 4. The number of pyridine rings is 2. The molecule has 0 amide bonds. The molecule has 0 radical (unpaired) electrons. The first kappa shape index (κ1) is 34.2. The summed E-state index contributed by atoms with van der Waals surface area (Å²) in [5.41, 5.74) is 9.32. The molecule has 7 aromatic rings. The van der Waals surface area contributed by atoms with E-state index < -0.39 is 8.07 Å². The minimum atomic E-state index is -2.73. The Balaban J connectivity index is 0.000000234. The zero-order chi connectivity index (χ0) is 34.6. The molecule has 1 fully saturated rings. The van der Waals surface area contributed by atoms with Gasteiger partial charge in [0.2, 0.25) is 8.07 Å². The van der Waals surface area contributed by atoms with Gasteiger partial charge < -0.3 is 15.5 Å². The van der Waals surface area contributed by atoms with Gasteiger partial charge in [0.25, 0.3) is 0 Å². The summed E-state index contributed by atoms with van der Waals surface area (Å²) >= 11 is 0. The predicted octanol–water partition coefficient (Wildman–Crippen LogP) is 8.05. The van der Waals surface area contributed by atoms with Crippen LogP contribution in [0.2, 0.25) is 0 Å². The molecule has 3 aliphatic rings. The van der Waals surface area contributed by atoms with Crippen molar-refractivity contribution >= 4 is 40.5 Å². The second-order valence-corrected chi connectivity index (χ2v) is 18.3. The normalized spacial score (nSPS) is 19.3. The van der Waals surface area contributed by atoms with Crippen molar-refractivity contribution in [3.05, 3.63) is 168 Å². The predicted molar refractivity (Wildman–Crippen MR) is 210 cm³/mol. The Kier molecular flexibility index (Phi) is 8.72. The minimum absolute atomic E-state index is 0. The summed E-state index contributed by atoms with van der Waals surface area (Å²) in [5.74, 6) is 0.480. The van der Waals surface area contributed by atoms with Gasteiger partial charge in [-0.1, -0.05) is 148 Å². The Hall–Kier alpha value is -4.90. The van der Waals surface area contributed by atoms with Gasteiger partial charge in [-0.3, -0.25) is 9.97 Å². The zero-order valence-corrected chi connectivity index (χ0v) is 32.7. The van der Waals surface area contributed by atoms with Crippen molar-refractivity contribution in [2.24, 2.45) is 5.41 Å². The van der Waals surface area contributed by atoms with Gasteiger partial charge in [-0.2, -0.15) is 0 Å². The Bertz CT molecular complexity index is 2280. The first-order valence-electron chi connectivity index (χ1n) is 17.9. The van der Waals surface area contributed by atoms with Crippen molar-refractivity contribution in [3.8, 4) is 22.5 Å². The van der Waals surface area contributed by atoms with E-state index >= 15 is 0 Å². The van der Waals surface area contributed by atoms with Crippen LogP contribution in [0.15, 0.2) is 152 Å². The molecule has 10 rings (SSSR count). The monoisotopic (exact) mass is 872 g/mol. The number of hydrogen-bond donors (Lipinski definition) is 0. The van der Waals surface area contributed by atoms with Crippen molar-refractivity contribution in [2.75, 3.05) is 0 Å². The Labute approximate surface area is 321 Å². The minimum Gasteiger partial charge on any atom is -0.658 e. The maximum atomic E-state index is 5.49. The molecule has 258 valence electrons. The third-order valence-corrected chi connectivity index (χ3v) is 16.6. The van der Waals surface area contributed by atoms with E-state index in [2.05, 4.69) is 105 Å². The van der Waals surface area contributed by atoms with Crippen molar-refractivity contribution in [3.63, 3.8) is 0 Å². The Morgan fingerprint density at radius 2 is 1.23 bits per heavy atom. The molecular weight excluding hydrogens is 834 g/mol. The second-order valence-electron chi connectivity index (χ2n) is 14.7. The smallest absolute Gasteiger partial charge is 0.658 e. The average molecular weight is 873 g/mol. The third kappa shape index (κ3) is 5.10. The van der Waals surface area contributed by atoms with E-state index in [9.17, 15) is 0 Å². The number of para-hydroxylation sites is 2. The number of hydrogen-bond acceptors (Lipinski definition) is 3. The molecular formula is C45H39N5PtSi. The van der Waals surface area contributed by atoms with E-state index in [0.717, 1.165) is 33.4 Å². The average Bonchev–Trinajstić information content (AvgIpc) is 3.86. The standard InChI is InChI=1S/C33H29N4Si.C12H10N.Pt/c1-32(2)23-18-19-33(32,3)31-29(23)30(36-37-31)24-13-10-17-28(35-24)38(27-16-8-9-20-34-27)25-14-6-4-11-21(25)22-12-5-7-15-26(22)38;1-3-7-11(8-4-1)13-12-9-5-2-6-10-12;/h4-17,20,23H,18-19H2,1-3H3;1-10H;/q2*-1;+2. The summed E-state index contributed by atoms with van der Waals surface area (Å²) in [6.45, 7) is 7.21. The fraction of sp³-hybridized carbons (Fsp3) is 0.178. The third-order valence-electron chi connectivity index (χ3n) is 12.0. The van der Waals surface area contributed by atoms with Crippen molar-refractivity contribution in [2.45, 2.75) is 44.9 Å². The van der Waals surface area contributed by atoms with Gasteiger partial charge in [0, 0.05) is 33.6 Å². The molecule has 3 aromatic heterocycles. The van der Waals surface area contributed by atoms with Gasteiger partial charge in [-0.05, 0) is 75.5 Å². The summed E-state index contributed by atoms with van der Waals surface area (Å²) in [5, 5.41) is 19.0. The van der Waals surface area contributed by atoms with E-state index in [1.807, 2.05) is 72.9 Å². The Morgan fingerprint density at radius 1 is 0.654 bits per heavy atom. The van der Waals surface area contributed by atoms with Gasteiger partial charge in [0.15, 0.2) is 0 Å². The maximum absolute atomic E-state index is 5.49. The molecule has 4 heterocycles. The van der Waals surface area contributed by atoms with Crippen molar-refractivity contribution < 1.29 is 21.1 Å². The molecule has 2 atom stereocenters. The van der Waals surface area contributed by atoms with Gasteiger partial charge in [-0.15, -0.1) is 11.4 Å². The van der Waals surface area contributed by atoms with Gasteiger partial charge in [0.05, 0.1) is 0 Å². The van der Waals surface area contributed by atoms with Crippen LogP contribution >= 0.6 is 0 Å². The van der Waals surface area contributed by atoms with E-state index in [4.69, 9.17) is 20.2 Å². The van der Waals surface area contributed by atoms with Crippen LogP contribution in [0.1, 0.15) is 50.8 Å². The summed E-state index contributed by atoms with van der Waals surface area (Å²) in [7, 11) is -2.73. The molecule has 1 saturated carbocycles. The van der Waals surface area contributed by atoms with Crippen LogP contribution in [-0.2, 0) is 26.5 Å². The molecule has 0 spiro atoms. The molecule has 7 heteroatoms. The fourth-order valence-electron chi connectivity index (χ4n) is 9.11. The van der Waals surface area contributed by atoms with Crippen molar-refractivity contribution in [1.29, 1.82) is 0 Å². The summed E-state index contributed by atoms with van der Waals surface area (Å²) in [4.78, 5) is 10.5. The van der Waals surface area contributed by atoms with Crippen molar-refractivity contribution in [1.82, 2.24) is 20.2 Å². The quantitative estimate of drug-likeness (QED) is 0.164. The Morgan fingerprint density at radius 3 is 1.85 bits per heavy atom. The molecule has 2 aliphatic carbocycles.